The number of ether oxygens (including phenoxy) is 1. The van der Waals surface area contributed by atoms with Crippen molar-refractivity contribution in [2.45, 2.75) is 11.8 Å². The molecular weight excluding hydrogens is 383 g/mol. The summed E-state index contributed by atoms with van der Waals surface area (Å²) in [5.74, 6) is 0.261. The molecule has 0 aliphatic rings. The van der Waals surface area contributed by atoms with Gasteiger partial charge in [0, 0.05) is 16.5 Å². The first-order chi connectivity index (χ1) is 8.52. The minimum Gasteiger partial charge on any atom is -0.497 e. The molecule has 0 N–H and O–H groups in total. The van der Waals surface area contributed by atoms with Crippen molar-refractivity contribution in [1.82, 2.24) is 0 Å². The first kappa shape index (κ1) is 14.0. The summed E-state index contributed by atoms with van der Waals surface area (Å²) in [5.41, 5.74) is 1.69. The van der Waals surface area contributed by atoms with Gasteiger partial charge in [-0.1, -0.05) is 22.0 Å². The Morgan fingerprint density at radius 2 is 2.00 bits per heavy atom. The topological polar surface area (TPSA) is 9.23 Å². The van der Waals surface area contributed by atoms with Gasteiger partial charge in [0.15, 0.2) is 0 Å². The normalized spacial score (nSPS) is 12.5. The maximum absolute atomic E-state index is 14.0. The van der Waals surface area contributed by atoms with Crippen LogP contribution in [0.1, 0.15) is 20.8 Å². The number of aryl methyl sites for hydroxylation is 1. The molecule has 1 nitrogen and oxygen atoms in total. The Morgan fingerprint density at radius 1 is 1.28 bits per heavy atom. The molecule has 5 heteroatoms. The Hall–Kier alpha value is -0.390. The average Bonchev–Trinajstić information content (AvgIpc) is 2.67. The molecule has 96 valence electrons. The van der Waals surface area contributed by atoms with Crippen LogP contribution in [0.3, 0.4) is 0 Å². The molecule has 1 aromatic carbocycles. The molecule has 0 saturated carbocycles. The van der Waals surface area contributed by atoms with Gasteiger partial charge >= 0.3 is 0 Å². The van der Waals surface area contributed by atoms with Crippen LogP contribution in [0.15, 0.2) is 28.1 Å². The van der Waals surface area contributed by atoms with Crippen molar-refractivity contribution in [2.75, 3.05) is 7.11 Å². The second-order valence-corrected chi connectivity index (χ2v) is 7.36. The van der Waals surface area contributed by atoms with Gasteiger partial charge in [0.2, 0.25) is 0 Å². The second-order valence-electron chi connectivity index (χ2n) is 3.81. The van der Waals surface area contributed by atoms with Crippen LogP contribution >= 0.6 is 43.2 Å². The van der Waals surface area contributed by atoms with E-state index in [1.54, 1.807) is 23.5 Å². The number of thiophene rings is 1. The predicted octanol–water partition coefficient (Wildman–Crippen LogP) is 5.45. The summed E-state index contributed by atoms with van der Waals surface area (Å²) < 4.78 is 20.0. The summed E-state index contributed by atoms with van der Waals surface area (Å²) in [6.45, 7) is 2.03. The van der Waals surface area contributed by atoms with E-state index >= 15 is 0 Å². The van der Waals surface area contributed by atoms with E-state index in [9.17, 15) is 4.39 Å². The summed E-state index contributed by atoms with van der Waals surface area (Å²) in [4.78, 5) is 1.02. The minimum absolute atomic E-state index is 0.147. The number of hydrogen-bond donors (Lipinski definition) is 0. The van der Waals surface area contributed by atoms with E-state index in [0.29, 0.717) is 11.3 Å². The van der Waals surface area contributed by atoms with E-state index in [1.165, 1.54) is 18.1 Å². The Morgan fingerprint density at radius 3 is 2.50 bits per heavy atom. The van der Waals surface area contributed by atoms with Crippen molar-refractivity contribution >= 4 is 43.2 Å². The van der Waals surface area contributed by atoms with Crippen LogP contribution in [0.5, 0.6) is 5.75 Å². The quantitative estimate of drug-likeness (QED) is 0.630. The van der Waals surface area contributed by atoms with Crippen LogP contribution in [0.4, 0.5) is 4.39 Å². The molecule has 18 heavy (non-hydrogen) atoms. The zero-order chi connectivity index (χ0) is 13.3. The van der Waals surface area contributed by atoms with Crippen molar-refractivity contribution < 1.29 is 9.13 Å². The first-order valence-electron chi connectivity index (χ1n) is 5.26. The van der Waals surface area contributed by atoms with Gasteiger partial charge in [-0.15, -0.1) is 11.3 Å². The Bertz CT molecular complexity index is 568. The van der Waals surface area contributed by atoms with E-state index in [4.69, 9.17) is 4.74 Å². The fourth-order valence-electron chi connectivity index (χ4n) is 1.72. The molecule has 0 fully saturated rings. The Labute approximate surface area is 126 Å². The highest BCUT2D eigenvalue weighted by atomic mass is 79.9. The summed E-state index contributed by atoms with van der Waals surface area (Å²) in [6.07, 6.45) is 0. The largest absolute Gasteiger partial charge is 0.497 e. The standard InChI is InChI=1S/C13H11Br2FOS/c1-7-10(6-12(14)18-7)13(15)9-4-3-8(17-2)5-11(9)16/h3-6,13H,1-2H3. The third-order valence-corrected chi connectivity index (χ3v) is 5.24. The van der Waals surface area contributed by atoms with Crippen molar-refractivity contribution in [3.05, 3.63) is 49.9 Å². The number of rotatable bonds is 3. The van der Waals surface area contributed by atoms with Gasteiger partial charge in [-0.05, 0) is 40.5 Å². The first-order valence-corrected chi connectivity index (χ1v) is 7.78. The van der Waals surface area contributed by atoms with Gasteiger partial charge in [-0.2, -0.15) is 0 Å². The molecular formula is C13H11Br2FOS. The molecule has 2 aromatic rings. The fraction of sp³-hybridized carbons (Fsp3) is 0.231. The maximum atomic E-state index is 14.0. The number of benzene rings is 1. The number of halogens is 3. The molecule has 0 saturated heterocycles. The van der Waals surface area contributed by atoms with E-state index < -0.39 is 0 Å². The maximum Gasteiger partial charge on any atom is 0.131 e. The van der Waals surface area contributed by atoms with Crippen LogP contribution in [0.2, 0.25) is 0 Å². The lowest BCUT2D eigenvalue weighted by atomic mass is 10.1. The number of alkyl halides is 1. The average molecular weight is 394 g/mol. The molecule has 0 bridgehead atoms. The van der Waals surface area contributed by atoms with Crippen molar-refractivity contribution in [3.63, 3.8) is 0 Å². The zero-order valence-electron chi connectivity index (χ0n) is 9.84. The fourth-order valence-corrected chi connectivity index (χ4v) is 4.46. The van der Waals surface area contributed by atoms with E-state index in [1.807, 2.05) is 13.0 Å². The Balaban J connectivity index is 2.39. The minimum atomic E-state index is -0.266. The summed E-state index contributed by atoms with van der Waals surface area (Å²) >= 11 is 8.65. The SMILES string of the molecule is COc1ccc(C(Br)c2cc(Br)sc2C)c(F)c1. The molecule has 1 aromatic heterocycles. The number of methoxy groups -OCH3 is 1. The zero-order valence-corrected chi connectivity index (χ0v) is 13.8. The van der Waals surface area contributed by atoms with E-state index in [2.05, 4.69) is 31.9 Å². The van der Waals surface area contributed by atoms with Crippen LogP contribution in [0, 0.1) is 12.7 Å². The van der Waals surface area contributed by atoms with Crippen molar-refractivity contribution in [1.29, 1.82) is 0 Å². The van der Waals surface area contributed by atoms with Gasteiger partial charge in [0.1, 0.15) is 11.6 Å². The summed E-state index contributed by atoms with van der Waals surface area (Å²) in [7, 11) is 1.53. The predicted molar refractivity (Wildman–Crippen MR) is 80.5 cm³/mol. The third kappa shape index (κ3) is 2.78. The van der Waals surface area contributed by atoms with Gasteiger partial charge < -0.3 is 4.74 Å². The van der Waals surface area contributed by atoms with E-state index in [-0.39, 0.29) is 10.6 Å². The molecule has 1 atom stereocenters. The molecule has 2 rings (SSSR count). The van der Waals surface area contributed by atoms with Gasteiger partial charge in [-0.25, -0.2) is 4.39 Å². The molecule has 0 aliphatic heterocycles. The highest BCUT2D eigenvalue weighted by Gasteiger charge is 2.19. The molecule has 0 spiro atoms. The summed E-state index contributed by atoms with van der Waals surface area (Å²) in [5, 5.41) is 0. The Kier molecular flexibility index (Phi) is 4.45. The van der Waals surface area contributed by atoms with Gasteiger partial charge in [-0.3, -0.25) is 0 Å². The van der Waals surface area contributed by atoms with Crippen molar-refractivity contribution in [2.24, 2.45) is 0 Å². The number of hydrogen-bond acceptors (Lipinski definition) is 2. The lowest BCUT2D eigenvalue weighted by Gasteiger charge is -2.12. The van der Waals surface area contributed by atoms with Crippen LogP contribution in [-0.4, -0.2) is 7.11 Å². The molecule has 0 amide bonds. The summed E-state index contributed by atoms with van der Waals surface area (Å²) in [6, 6.07) is 6.94. The highest BCUT2D eigenvalue weighted by molar-refractivity contribution is 9.11. The smallest absolute Gasteiger partial charge is 0.131 e. The van der Waals surface area contributed by atoms with Gasteiger partial charge in [0.25, 0.3) is 0 Å². The third-order valence-electron chi connectivity index (χ3n) is 2.68. The highest BCUT2D eigenvalue weighted by Crippen LogP contribution is 2.39. The van der Waals surface area contributed by atoms with Crippen molar-refractivity contribution in [3.8, 4) is 5.75 Å². The van der Waals surface area contributed by atoms with Crippen LogP contribution in [-0.2, 0) is 0 Å². The lowest BCUT2D eigenvalue weighted by molar-refractivity contribution is 0.411. The van der Waals surface area contributed by atoms with Crippen LogP contribution in [0.25, 0.3) is 0 Å². The monoisotopic (exact) mass is 392 g/mol. The van der Waals surface area contributed by atoms with E-state index in [0.717, 1.165) is 9.35 Å². The molecule has 0 aliphatic carbocycles. The van der Waals surface area contributed by atoms with Crippen LogP contribution < -0.4 is 4.74 Å². The molecule has 1 heterocycles. The molecule has 1 unspecified atom stereocenters. The molecule has 0 radical (unpaired) electrons. The second kappa shape index (κ2) is 5.72. The lowest BCUT2D eigenvalue weighted by Crippen LogP contribution is -1.97. The van der Waals surface area contributed by atoms with Gasteiger partial charge in [0.05, 0.1) is 15.7 Å².